The molecule has 112 valence electrons. The zero-order valence-electron chi connectivity index (χ0n) is 12.3. The van der Waals surface area contributed by atoms with Crippen LogP contribution in [0.4, 0.5) is 10.3 Å². The number of anilines is 1. The van der Waals surface area contributed by atoms with Crippen LogP contribution in [0.3, 0.4) is 0 Å². The van der Waals surface area contributed by atoms with E-state index in [1.54, 1.807) is 36.2 Å². The van der Waals surface area contributed by atoms with Crippen molar-refractivity contribution in [2.45, 2.75) is 18.6 Å². The van der Waals surface area contributed by atoms with E-state index in [1.807, 2.05) is 0 Å². The van der Waals surface area contributed by atoms with Crippen molar-refractivity contribution < 1.29 is 9.13 Å². The molecule has 21 heavy (non-hydrogen) atoms. The first-order valence-electron chi connectivity index (χ1n) is 6.54. The molecule has 0 unspecified atom stereocenters. The molecule has 4 nitrogen and oxygen atoms in total. The molecule has 0 aliphatic heterocycles. The molecule has 0 aliphatic rings. The zero-order chi connectivity index (χ0) is 15.3. The van der Waals surface area contributed by atoms with E-state index in [9.17, 15) is 4.39 Å². The number of aromatic nitrogens is 2. The number of benzene rings is 1. The van der Waals surface area contributed by atoms with E-state index in [-0.39, 0.29) is 10.6 Å². The Hall–Kier alpha value is -1.82. The van der Waals surface area contributed by atoms with Crippen LogP contribution in [0.5, 0.6) is 11.6 Å². The Balaban J connectivity index is 2.02. The molecule has 0 saturated heterocycles. The molecule has 2 aromatic rings. The first-order chi connectivity index (χ1) is 9.98. The third-order valence-electron chi connectivity index (χ3n) is 2.89. The van der Waals surface area contributed by atoms with Crippen molar-refractivity contribution in [3.63, 3.8) is 0 Å². The van der Waals surface area contributed by atoms with E-state index in [4.69, 9.17) is 4.74 Å². The highest BCUT2D eigenvalue weighted by atomic mass is 32.2. The minimum absolute atomic E-state index is 0.0944. The van der Waals surface area contributed by atoms with Crippen LogP contribution in [0.2, 0.25) is 0 Å². The highest BCUT2D eigenvalue weighted by Crippen LogP contribution is 2.22. The predicted octanol–water partition coefficient (Wildman–Crippen LogP) is 3.96. The maximum Gasteiger partial charge on any atom is 0.226 e. The van der Waals surface area contributed by atoms with Crippen molar-refractivity contribution in [3.8, 4) is 11.6 Å². The topological polar surface area (TPSA) is 47.0 Å². The maximum atomic E-state index is 12.8. The Bertz CT molecular complexity index is 590. The van der Waals surface area contributed by atoms with Gasteiger partial charge in [0.05, 0.1) is 0 Å². The van der Waals surface area contributed by atoms with Gasteiger partial charge in [-0.3, -0.25) is 0 Å². The fourth-order valence-corrected chi connectivity index (χ4v) is 1.69. The van der Waals surface area contributed by atoms with Crippen molar-refractivity contribution in [1.29, 1.82) is 0 Å². The lowest BCUT2D eigenvalue weighted by Gasteiger charge is -2.22. The highest BCUT2D eigenvalue weighted by molar-refractivity contribution is 7.99. The van der Waals surface area contributed by atoms with Crippen LogP contribution < -0.4 is 10.1 Å². The minimum Gasteiger partial charge on any atom is -0.439 e. The van der Waals surface area contributed by atoms with Gasteiger partial charge in [0, 0.05) is 23.6 Å². The van der Waals surface area contributed by atoms with Crippen LogP contribution in [0.25, 0.3) is 0 Å². The first-order valence-corrected chi connectivity index (χ1v) is 7.76. The Kier molecular flexibility index (Phi) is 5.01. The molecule has 0 saturated carbocycles. The fourth-order valence-electron chi connectivity index (χ4n) is 1.47. The first kappa shape index (κ1) is 15.6. The quantitative estimate of drug-likeness (QED) is 0.875. The molecule has 1 aromatic carbocycles. The predicted molar refractivity (Wildman–Crippen MR) is 84.6 cm³/mol. The molecular weight excluding hydrogens is 289 g/mol. The summed E-state index contributed by atoms with van der Waals surface area (Å²) in [6, 6.07) is 7.46. The second-order valence-electron chi connectivity index (χ2n) is 5.09. The van der Waals surface area contributed by atoms with E-state index in [0.717, 1.165) is 6.54 Å². The average molecular weight is 307 g/mol. The van der Waals surface area contributed by atoms with Gasteiger partial charge in [-0.05, 0) is 44.4 Å². The summed E-state index contributed by atoms with van der Waals surface area (Å²) < 4.78 is 18.5. The molecule has 0 aliphatic carbocycles. The molecular formula is C15H18FN3OS. The van der Waals surface area contributed by atoms with Crippen molar-refractivity contribution in [3.05, 3.63) is 42.3 Å². The Morgan fingerprint density at radius 1 is 1.24 bits per heavy atom. The molecule has 0 bridgehead atoms. The lowest BCUT2D eigenvalue weighted by atomic mass is 10.2. The fraction of sp³-hybridized carbons (Fsp3) is 0.333. The van der Waals surface area contributed by atoms with Crippen LogP contribution in [0.15, 0.2) is 36.5 Å². The van der Waals surface area contributed by atoms with Crippen LogP contribution in [-0.2, 0) is 0 Å². The maximum absolute atomic E-state index is 12.8. The Labute approximate surface area is 128 Å². The largest absolute Gasteiger partial charge is 0.439 e. The summed E-state index contributed by atoms with van der Waals surface area (Å²) in [4.78, 5) is 8.44. The summed E-state index contributed by atoms with van der Waals surface area (Å²) in [6.07, 6.45) is 3.69. The van der Waals surface area contributed by atoms with E-state index in [0.29, 0.717) is 17.6 Å². The summed E-state index contributed by atoms with van der Waals surface area (Å²) >= 11 is 1.77. The summed E-state index contributed by atoms with van der Waals surface area (Å²) in [5, 5.41) is 3.19. The summed E-state index contributed by atoms with van der Waals surface area (Å²) in [5.41, 5.74) is 0. The number of nitrogens with zero attached hydrogens (tertiary/aromatic N) is 2. The summed E-state index contributed by atoms with van der Waals surface area (Å²) in [5.74, 6) is 1.16. The van der Waals surface area contributed by atoms with E-state index in [1.165, 1.54) is 12.1 Å². The molecule has 0 spiro atoms. The van der Waals surface area contributed by atoms with Crippen LogP contribution in [-0.4, -0.2) is 27.5 Å². The Morgan fingerprint density at radius 2 is 1.95 bits per heavy atom. The van der Waals surface area contributed by atoms with Gasteiger partial charge in [-0.25, -0.2) is 9.37 Å². The van der Waals surface area contributed by atoms with Gasteiger partial charge in [0.1, 0.15) is 11.6 Å². The van der Waals surface area contributed by atoms with Crippen molar-refractivity contribution in [1.82, 2.24) is 9.97 Å². The van der Waals surface area contributed by atoms with Gasteiger partial charge in [-0.2, -0.15) is 16.7 Å². The molecule has 6 heteroatoms. The van der Waals surface area contributed by atoms with Crippen LogP contribution in [0, 0.1) is 5.82 Å². The van der Waals surface area contributed by atoms with Crippen LogP contribution in [0.1, 0.15) is 13.8 Å². The summed E-state index contributed by atoms with van der Waals surface area (Å²) in [7, 11) is 0. The SMILES string of the molecule is CSC(C)(C)CNc1nccc(Oc2ccc(F)cc2)n1. The van der Waals surface area contributed by atoms with E-state index < -0.39 is 0 Å². The van der Waals surface area contributed by atoms with Crippen molar-refractivity contribution in [2.24, 2.45) is 0 Å². The third-order valence-corrected chi connectivity index (χ3v) is 4.14. The molecule has 0 fully saturated rings. The minimum atomic E-state index is -0.299. The van der Waals surface area contributed by atoms with Crippen molar-refractivity contribution >= 4 is 17.7 Å². The molecule has 1 heterocycles. The lowest BCUT2D eigenvalue weighted by Crippen LogP contribution is -2.26. The third kappa shape index (κ3) is 4.90. The van der Waals surface area contributed by atoms with Gasteiger partial charge in [0.2, 0.25) is 11.8 Å². The number of thioether (sulfide) groups is 1. The van der Waals surface area contributed by atoms with Gasteiger partial charge >= 0.3 is 0 Å². The molecule has 0 radical (unpaired) electrons. The zero-order valence-corrected chi connectivity index (χ0v) is 13.1. The Morgan fingerprint density at radius 3 is 2.62 bits per heavy atom. The molecule has 2 rings (SSSR count). The molecule has 1 aromatic heterocycles. The molecule has 0 atom stereocenters. The average Bonchev–Trinajstić information content (AvgIpc) is 2.48. The second kappa shape index (κ2) is 6.76. The molecule has 1 N–H and O–H groups in total. The number of hydrogen-bond donors (Lipinski definition) is 1. The van der Waals surface area contributed by atoms with Gasteiger partial charge in [0.25, 0.3) is 0 Å². The van der Waals surface area contributed by atoms with Gasteiger partial charge < -0.3 is 10.1 Å². The number of nitrogens with one attached hydrogen (secondary N) is 1. The second-order valence-corrected chi connectivity index (χ2v) is 6.61. The number of rotatable bonds is 6. The number of halogens is 1. The van der Waals surface area contributed by atoms with Gasteiger partial charge in [-0.1, -0.05) is 0 Å². The molecule has 0 amide bonds. The van der Waals surface area contributed by atoms with E-state index in [2.05, 4.69) is 35.4 Å². The van der Waals surface area contributed by atoms with Gasteiger partial charge in [0.15, 0.2) is 0 Å². The normalized spacial score (nSPS) is 11.2. The van der Waals surface area contributed by atoms with Gasteiger partial charge in [-0.15, -0.1) is 0 Å². The highest BCUT2D eigenvalue weighted by Gasteiger charge is 2.16. The standard InChI is InChI=1S/C15H18FN3OS/c1-15(2,21-3)10-18-14-17-9-8-13(19-14)20-12-6-4-11(16)5-7-12/h4-9H,10H2,1-3H3,(H,17,18,19). The van der Waals surface area contributed by atoms with E-state index >= 15 is 0 Å². The van der Waals surface area contributed by atoms with Crippen LogP contribution >= 0.6 is 11.8 Å². The number of hydrogen-bond acceptors (Lipinski definition) is 5. The number of ether oxygens (including phenoxy) is 1. The summed E-state index contributed by atoms with van der Waals surface area (Å²) in [6.45, 7) is 5.03. The van der Waals surface area contributed by atoms with Crippen molar-refractivity contribution in [2.75, 3.05) is 18.1 Å². The monoisotopic (exact) mass is 307 g/mol. The smallest absolute Gasteiger partial charge is 0.226 e. The lowest BCUT2D eigenvalue weighted by molar-refractivity contribution is 0.460.